The summed E-state index contributed by atoms with van der Waals surface area (Å²) in [6.07, 6.45) is -4.58. The van der Waals surface area contributed by atoms with E-state index in [-0.39, 0.29) is 5.56 Å². The lowest BCUT2D eigenvalue weighted by molar-refractivity contribution is -0.139. The molecule has 0 amide bonds. The Labute approximate surface area is 94.6 Å². The SMILES string of the molecule is C[C@@H](C(=O)O)c1ccc(Cl)c(C(F)(F)F)c1. The molecule has 2 nitrogen and oxygen atoms in total. The maximum atomic E-state index is 12.5. The van der Waals surface area contributed by atoms with Gasteiger partial charge in [-0.2, -0.15) is 13.2 Å². The number of aliphatic carboxylic acids is 1. The number of carbonyl (C=O) groups is 1. The number of rotatable bonds is 2. The standard InChI is InChI=1S/C10H8ClF3O2/c1-5(9(15)16)6-2-3-8(11)7(4-6)10(12,13)14/h2-5H,1H3,(H,15,16)/t5-/m1/s1. The maximum absolute atomic E-state index is 12.5. The third kappa shape index (κ3) is 2.66. The molecule has 88 valence electrons. The van der Waals surface area contributed by atoms with Crippen molar-refractivity contribution in [1.82, 2.24) is 0 Å². The van der Waals surface area contributed by atoms with Crippen LogP contribution in [0.25, 0.3) is 0 Å². The Bertz CT molecular complexity index is 415. The molecule has 0 saturated carbocycles. The third-order valence-corrected chi connectivity index (χ3v) is 2.50. The highest BCUT2D eigenvalue weighted by atomic mass is 35.5. The van der Waals surface area contributed by atoms with E-state index in [1.165, 1.54) is 13.0 Å². The molecule has 0 radical (unpaired) electrons. The quantitative estimate of drug-likeness (QED) is 0.874. The molecule has 1 rings (SSSR count). The smallest absolute Gasteiger partial charge is 0.417 e. The van der Waals surface area contributed by atoms with Crippen molar-refractivity contribution >= 4 is 17.6 Å². The van der Waals surface area contributed by atoms with Crippen LogP contribution in [-0.2, 0) is 11.0 Å². The van der Waals surface area contributed by atoms with Gasteiger partial charge in [-0.05, 0) is 24.6 Å². The van der Waals surface area contributed by atoms with Gasteiger partial charge in [0.05, 0.1) is 16.5 Å². The zero-order chi connectivity index (χ0) is 12.5. The Hall–Kier alpha value is -1.23. The van der Waals surface area contributed by atoms with Gasteiger partial charge in [0.1, 0.15) is 0 Å². The summed E-state index contributed by atoms with van der Waals surface area (Å²) in [5.74, 6) is -2.19. The second-order valence-corrected chi connectivity index (χ2v) is 3.70. The number of benzene rings is 1. The molecule has 0 aromatic heterocycles. The van der Waals surface area contributed by atoms with Crippen LogP contribution in [0.3, 0.4) is 0 Å². The molecule has 0 heterocycles. The molecular formula is C10H8ClF3O2. The van der Waals surface area contributed by atoms with E-state index in [9.17, 15) is 18.0 Å². The maximum Gasteiger partial charge on any atom is 0.417 e. The van der Waals surface area contributed by atoms with Crippen molar-refractivity contribution in [3.63, 3.8) is 0 Å². The van der Waals surface area contributed by atoms with Gasteiger partial charge in [0.2, 0.25) is 0 Å². The van der Waals surface area contributed by atoms with E-state index >= 15 is 0 Å². The average molecular weight is 253 g/mol. The van der Waals surface area contributed by atoms with Gasteiger partial charge >= 0.3 is 12.1 Å². The van der Waals surface area contributed by atoms with Crippen molar-refractivity contribution in [2.75, 3.05) is 0 Å². The largest absolute Gasteiger partial charge is 0.481 e. The van der Waals surface area contributed by atoms with Crippen molar-refractivity contribution in [3.05, 3.63) is 34.3 Å². The van der Waals surface area contributed by atoms with Crippen molar-refractivity contribution in [2.24, 2.45) is 0 Å². The second-order valence-electron chi connectivity index (χ2n) is 3.30. The average Bonchev–Trinajstić information content (AvgIpc) is 2.15. The molecule has 16 heavy (non-hydrogen) atoms. The Morgan fingerprint density at radius 1 is 1.44 bits per heavy atom. The Kier molecular flexibility index (Phi) is 3.48. The predicted octanol–water partition coefficient (Wildman–Crippen LogP) is 3.55. The summed E-state index contributed by atoms with van der Waals surface area (Å²) in [4.78, 5) is 10.6. The molecule has 0 aliphatic heterocycles. The highest BCUT2D eigenvalue weighted by molar-refractivity contribution is 6.31. The zero-order valence-corrected chi connectivity index (χ0v) is 8.93. The fourth-order valence-electron chi connectivity index (χ4n) is 1.17. The molecule has 0 spiro atoms. The summed E-state index contributed by atoms with van der Waals surface area (Å²) in [6.45, 7) is 1.31. The van der Waals surface area contributed by atoms with Gasteiger partial charge in [-0.15, -0.1) is 0 Å². The second kappa shape index (κ2) is 4.33. The molecule has 0 aliphatic rings. The fraction of sp³-hybridized carbons (Fsp3) is 0.300. The molecule has 0 aliphatic carbocycles. The number of hydrogen-bond donors (Lipinski definition) is 1. The minimum atomic E-state index is -4.58. The highest BCUT2D eigenvalue weighted by Gasteiger charge is 2.34. The van der Waals surface area contributed by atoms with Gasteiger partial charge in [-0.1, -0.05) is 17.7 Å². The summed E-state index contributed by atoms with van der Waals surface area (Å²) >= 11 is 5.40. The van der Waals surface area contributed by atoms with Crippen molar-refractivity contribution in [1.29, 1.82) is 0 Å². The van der Waals surface area contributed by atoms with Crippen LogP contribution in [0.5, 0.6) is 0 Å². The van der Waals surface area contributed by atoms with Gasteiger partial charge in [0.15, 0.2) is 0 Å². The number of hydrogen-bond acceptors (Lipinski definition) is 1. The van der Waals surface area contributed by atoms with E-state index in [2.05, 4.69) is 0 Å². The van der Waals surface area contributed by atoms with Gasteiger partial charge in [-0.25, -0.2) is 0 Å². The molecule has 1 aromatic carbocycles. The molecular weight excluding hydrogens is 245 g/mol. The summed E-state index contributed by atoms with van der Waals surface area (Å²) in [5, 5.41) is 8.25. The summed E-state index contributed by atoms with van der Waals surface area (Å²) in [6, 6.07) is 3.09. The van der Waals surface area contributed by atoms with Gasteiger partial charge in [-0.3, -0.25) is 4.79 Å². The first kappa shape index (κ1) is 12.8. The first-order valence-corrected chi connectivity index (χ1v) is 4.70. The van der Waals surface area contributed by atoms with Crippen LogP contribution in [0.1, 0.15) is 24.0 Å². The van der Waals surface area contributed by atoms with E-state index in [1.54, 1.807) is 0 Å². The van der Waals surface area contributed by atoms with Crippen LogP contribution in [0.2, 0.25) is 5.02 Å². The van der Waals surface area contributed by atoms with Crippen LogP contribution < -0.4 is 0 Å². The summed E-state index contributed by atoms with van der Waals surface area (Å²) < 4.78 is 37.4. The minimum Gasteiger partial charge on any atom is -0.481 e. The Balaban J connectivity index is 3.23. The first-order chi connectivity index (χ1) is 7.23. The molecule has 1 N–H and O–H groups in total. The Morgan fingerprint density at radius 2 is 2.00 bits per heavy atom. The lowest BCUT2D eigenvalue weighted by Gasteiger charge is -2.12. The third-order valence-electron chi connectivity index (χ3n) is 2.17. The van der Waals surface area contributed by atoms with E-state index in [1.807, 2.05) is 0 Å². The normalized spacial score (nSPS) is 13.6. The van der Waals surface area contributed by atoms with Gasteiger partial charge < -0.3 is 5.11 Å². The number of halogens is 4. The highest BCUT2D eigenvalue weighted by Crippen LogP contribution is 2.36. The van der Waals surface area contributed by atoms with Gasteiger partial charge in [0.25, 0.3) is 0 Å². The van der Waals surface area contributed by atoms with Crippen LogP contribution in [0, 0.1) is 0 Å². The molecule has 6 heteroatoms. The van der Waals surface area contributed by atoms with Gasteiger partial charge in [0, 0.05) is 0 Å². The molecule has 0 unspecified atom stereocenters. The topological polar surface area (TPSA) is 37.3 Å². The van der Waals surface area contributed by atoms with Crippen LogP contribution >= 0.6 is 11.6 Å². The van der Waals surface area contributed by atoms with E-state index in [4.69, 9.17) is 16.7 Å². The molecule has 0 saturated heterocycles. The van der Waals surface area contributed by atoms with E-state index in [0.717, 1.165) is 12.1 Å². The minimum absolute atomic E-state index is 0.0734. The molecule has 1 aromatic rings. The first-order valence-electron chi connectivity index (χ1n) is 4.33. The van der Waals surface area contributed by atoms with Crippen molar-refractivity contribution < 1.29 is 23.1 Å². The lowest BCUT2D eigenvalue weighted by Crippen LogP contribution is -2.11. The predicted molar refractivity (Wildman–Crippen MR) is 52.5 cm³/mol. The Morgan fingerprint density at radius 3 is 2.44 bits per heavy atom. The van der Waals surface area contributed by atoms with Crippen LogP contribution in [0.4, 0.5) is 13.2 Å². The summed E-state index contributed by atoms with van der Waals surface area (Å²) in [5.41, 5.74) is -0.941. The fourth-order valence-corrected chi connectivity index (χ4v) is 1.40. The molecule has 0 fully saturated rings. The number of alkyl halides is 3. The number of carboxylic acids is 1. The lowest BCUT2D eigenvalue weighted by atomic mass is 9.99. The molecule has 0 bridgehead atoms. The molecule has 1 atom stereocenters. The van der Waals surface area contributed by atoms with Crippen LogP contribution in [0.15, 0.2) is 18.2 Å². The van der Waals surface area contributed by atoms with Crippen molar-refractivity contribution in [2.45, 2.75) is 19.0 Å². The van der Waals surface area contributed by atoms with E-state index in [0.29, 0.717) is 0 Å². The monoisotopic (exact) mass is 252 g/mol. The summed E-state index contributed by atoms with van der Waals surface area (Å²) in [7, 11) is 0. The zero-order valence-electron chi connectivity index (χ0n) is 8.18. The number of carboxylic acid groups (broad SMARTS) is 1. The van der Waals surface area contributed by atoms with Crippen molar-refractivity contribution in [3.8, 4) is 0 Å². The van der Waals surface area contributed by atoms with Crippen LogP contribution in [-0.4, -0.2) is 11.1 Å². The van der Waals surface area contributed by atoms with E-state index < -0.39 is 28.6 Å².